The van der Waals surface area contributed by atoms with Gasteiger partial charge < -0.3 is 14.6 Å². The molecule has 0 radical (unpaired) electrons. The number of hydrogen-bond acceptors (Lipinski definition) is 6. The minimum Gasteiger partial charge on any atom is -0.379 e. The van der Waals surface area contributed by atoms with Gasteiger partial charge in [0.2, 0.25) is 0 Å². The number of fused-ring (bicyclic) bond motifs is 1. The van der Waals surface area contributed by atoms with E-state index >= 15 is 0 Å². The maximum Gasteiger partial charge on any atom is 0.333 e. The lowest BCUT2D eigenvalue weighted by molar-refractivity contribution is 0.0731. The average molecular weight is 478 g/mol. The van der Waals surface area contributed by atoms with Gasteiger partial charge in [-0.15, -0.1) is 11.3 Å². The molecule has 0 aliphatic carbocycles. The van der Waals surface area contributed by atoms with Crippen LogP contribution in [-0.4, -0.2) is 55.5 Å². The Morgan fingerprint density at radius 2 is 1.84 bits per heavy atom. The minimum absolute atomic E-state index is 0.124. The molecule has 1 saturated heterocycles. The van der Waals surface area contributed by atoms with Gasteiger partial charge in [0.05, 0.1) is 25.3 Å². The number of amides is 3. The first kappa shape index (κ1) is 22.3. The van der Waals surface area contributed by atoms with E-state index in [1.54, 1.807) is 12.3 Å². The number of rotatable bonds is 5. The zero-order valence-corrected chi connectivity index (χ0v) is 19.0. The summed E-state index contributed by atoms with van der Waals surface area (Å²) in [7, 11) is -1.72. The highest BCUT2D eigenvalue weighted by molar-refractivity contribution is 7.91. The summed E-state index contributed by atoms with van der Waals surface area (Å²) < 4.78 is 34.0. The van der Waals surface area contributed by atoms with Gasteiger partial charge in [-0.25, -0.2) is 18.6 Å². The van der Waals surface area contributed by atoms with E-state index in [2.05, 4.69) is 16.2 Å². The third-order valence-corrected chi connectivity index (χ3v) is 8.51. The molecule has 0 spiro atoms. The Bertz CT molecular complexity index is 1240. The van der Waals surface area contributed by atoms with Crippen molar-refractivity contribution < 1.29 is 22.7 Å². The lowest BCUT2D eigenvalue weighted by Crippen LogP contribution is -2.46. The normalized spacial score (nSPS) is 14.9. The molecule has 3 heterocycles. The van der Waals surface area contributed by atoms with Gasteiger partial charge in [-0.3, -0.25) is 10.2 Å². The molecule has 2 aromatic heterocycles. The molecule has 4 rings (SSSR count). The number of sulfonamides is 1. The first-order valence-corrected chi connectivity index (χ1v) is 12.2. The van der Waals surface area contributed by atoms with Crippen molar-refractivity contribution in [3.05, 3.63) is 53.0 Å². The molecular formula is C20H23N5O5S2. The van der Waals surface area contributed by atoms with Crippen LogP contribution < -0.4 is 16.2 Å². The number of para-hydroxylation sites is 1. The van der Waals surface area contributed by atoms with Crippen molar-refractivity contribution in [1.82, 2.24) is 25.0 Å². The summed E-state index contributed by atoms with van der Waals surface area (Å²) in [6.45, 7) is 1.53. The number of morpholine rings is 1. The predicted octanol–water partition coefficient (Wildman–Crippen LogP) is 1.40. The molecule has 170 valence electrons. The monoisotopic (exact) mass is 477 g/mol. The highest BCUT2D eigenvalue weighted by atomic mass is 32.2. The van der Waals surface area contributed by atoms with Gasteiger partial charge >= 0.3 is 6.03 Å². The van der Waals surface area contributed by atoms with Crippen LogP contribution in [-0.2, 0) is 28.4 Å². The number of hydrogen-bond donors (Lipinski definition) is 3. The van der Waals surface area contributed by atoms with E-state index < -0.39 is 22.0 Å². The SMILES string of the molecule is Cn1cc(C(=O)NNC(=O)NCc2ccc(S(=O)(=O)N3CCOCC3)s2)c2ccccc21. The minimum atomic E-state index is -3.56. The Balaban J connectivity index is 1.30. The third kappa shape index (κ3) is 4.63. The molecule has 12 heteroatoms. The van der Waals surface area contributed by atoms with Crippen molar-refractivity contribution in [2.45, 2.75) is 10.8 Å². The summed E-state index contributed by atoms with van der Waals surface area (Å²) in [6.07, 6.45) is 1.70. The first-order valence-electron chi connectivity index (χ1n) is 9.91. The Kier molecular flexibility index (Phi) is 6.46. The highest BCUT2D eigenvalue weighted by Gasteiger charge is 2.27. The molecule has 0 saturated carbocycles. The van der Waals surface area contributed by atoms with E-state index in [1.165, 1.54) is 10.4 Å². The molecule has 1 aliphatic heterocycles. The van der Waals surface area contributed by atoms with Gasteiger partial charge in [0.15, 0.2) is 0 Å². The van der Waals surface area contributed by atoms with Crippen molar-refractivity contribution in [2.75, 3.05) is 26.3 Å². The number of aryl methyl sites for hydroxylation is 1. The Morgan fingerprint density at radius 1 is 1.09 bits per heavy atom. The predicted molar refractivity (Wildman–Crippen MR) is 120 cm³/mol. The zero-order chi connectivity index (χ0) is 22.7. The summed E-state index contributed by atoms with van der Waals surface area (Å²) in [5.41, 5.74) is 6.06. The van der Waals surface area contributed by atoms with Crippen LogP contribution in [0.4, 0.5) is 4.79 Å². The van der Waals surface area contributed by atoms with Crippen molar-refractivity contribution >= 4 is 44.2 Å². The van der Waals surface area contributed by atoms with Crippen LogP contribution in [0.25, 0.3) is 10.9 Å². The number of ether oxygens (including phenoxy) is 1. The molecule has 1 fully saturated rings. The quantitative estimate of drug-likeness (QED) is 0.480. The second kappa shape index (κ2) is 9.28. The summed E-state index contributed by atoms with van der Waals surface area (Å²) in [4.78, 5) is 25.2. The molecule has 1 aliphatic rings. The second-order valence-corrected chi connectivity index (χ2v) is 10.5. The molecule has 0 unspecified atom stereocenters. The Morgan fingerprint density at radius 3 is 2.62 bits per heavy atom. The van der Waals surface area contributed by atoms with Gasteiger partial charge in [0.1, 0.15) is 4.21 Å². The smallest absolute Gasteiger partial charge is 0.333 e. The van der Waals surface area contributed by atoms with E-state index in [0.717, 1.165) is 22.2 Å². The number of thiophene rings is 1. The fraction of sp³-hybridized carbons (Fsp3) is 0.300. The standard InChI is InChI=1S/C20H23N5O5S2/c1-24-13-16(15-4-2-3-5-17(15)24)19(26)22-23-20(27)21-12-14-6-7-18(31-14)32(28,29)25-8-10-30-11-9-25/h2-7,13H,8-12H2,1H3,(H,22,26)(H2,21,23,27). The molecule has 3 N–H and O–H groups in total. The van der Waals surface area contributed by atoms with Gasteiger partial charge in [0.25, 0.3) is 15.9 Å². The topological polar surface area (TPSA) is 122 Å². The maximum absolute atomic E-state index is 12.7. The molecule has 3 amide bonds. The third-order valence-electron chi connectivity index (χ3n) is 5.06. The molecule has 10 nitrogen and oxygen atoms in total. The largest absolute Gasteiger partial charge is 0.379 e. The summed E-state index contributed by atoms with van der Waals surface area (Å²) in [6, 6.07) is 10.1. The van der Waals surface area contributed by atoms with Gasteiger partial charge in [-0.2, -0.15) is 4.31 Å². The summed E-state index contributed by atoms with van der Waals surface area (Å²) in [5.74, 6) is -0.438. The van der Waals surface area contributed by atoms with Crippen LogP contribution in [0, 0.1) is 0 Å². The lowest BCUT2D eigenvalue weighted by atomic mass is 10.2. The fourth-order valence-electron chi connectivity index (χ4n) is 3.42. The van der Waals surface area contributed by atoms with Gasteiger partial charge in [-0.05, 0) is 18.2 Å². The highest BCUT2D eigenvalue weighted by Crippen LogP contribution is 2.25. The summed E-state index contributed by atoms with van der Waals surface area (Å²) in [5, 5.41) is 3.38. The van der Waals surface area contributed by atoms with E-state index in [4.69, 9.17) is 4.74 Å². The number of aromatic nitrogens is 1. The number of hydrazine groups is 1. The van der Waals surface area contributed by atoms with Crippen LogP contribution >= 0.6 is 11.3 Å². The number of carbonyl (C=O) groups is 2. The number of benzene rings is 1. The zero-order valence-electron chi connectivity index (χ0n) is 17.3. The summed E-state index contributed by atoms with van der Waals surface area (Å²) >= 11 is 1.10. The lowest BCUT2D eigenvalue weighted by Gasteiger charge is -2.25. The van der Waals surface area contributed by atoms with Crippen LogP contribution in [0.5, 0.6) is 0 Å². The Labute approximate surface area is 189 Å². The molecule has 32 heavy (non-hydrogen) atoms. The van der Waals surface area contributed by atoms with Crippen molar-refractivity contribution in [2.24, 2.45) is 7.05 Å². The molecule has 0 bridgehead atoms. The first-order chi connectivity index (χ1) is 15.4. The number of carbonyl (C=O) groups excluding carboxylic acids is 2. The number of nitrogens with one attached hydrogen (secondary N) is 3. The molecule has 1 aromatic carbocycles. The second-order valence-electron chi connectivity index (χ2n) is 7.17. The van der Waals surface area contributed by atoms with Crippen LogP contribution in [0.1, 0.15) is 15.2 Å². The van der Waals surface area contributed by atoms with E-state index in [1.807, 2.05) is 35.9 Å². The van der Waals surface area contributed by atoms with Crippen molar-refractivity contribution in [1.29, 1.82) is 0 Å². The molecule has 3 aromatic rings. The van der Waals surface area contributed by atoms with Gasteiger partial charge in [0, 0.05) is 42.1 Å². The molecular weight excluding hydrogens is 454 g/mol. The Hall–Kier alpha value is -2.93. The number of nitrogens with zero attached hydrogens (tertiary/aromatic N) is 2. The molecule has 0 atom stereocenters. The number of urea groups is 1. The van der Waals surface area contributed by atoms with Crippen LogP contribution in [0.2, 0.25) is 0 Å². The maximum atomic E-state index is 12.7. The average Bonchev–Trinajstić information content (AvgIpc) is 3.42. The van der Waals surface area contributed by atoms with Gasteiger partial charge in [-0.1, -0.05) is 18.2 Å². The van der Waals surface area contributed by atoms with E-state index in [-0.39, 0.29) is 10.8 Å². The van der Waals surface area contributed by atoms with Crippen molar-refractivity contribution in [3.63, 3.8) is 0 Å². The fourth-order valence-corrected chi connectivity index (χ4v) is 6.28. The van der Waals surface area contributed by atoms with Crippen molar-refractivity contribution in [3.8, 4) is 0 Å². The van der Waals surface area contributed by atoms with Crippen LogP contribution in [0.3, 0.4) is 0 Å². The van der Waals surface area contributed by atoms with Crippen LogP contribution in [0.15, 0.2) is 46.8 Å². The van der Waals surface area contributed by atoms with E-state index in [0.29, 0.717) is 36.7 Å². The van der Waals surface area contributed by atoms with E-state index in [9.17, 15) is 18.0 Å².